The summed E-state index contributed by atoms with van der Waals surface area (Å²) in [7, 11) is -3.54. The number of sulfonamides is 1. The van der Waals surface area contributed by atoms with Crippen LogP contribution in [0, 0.1) is 0 Å². The first-order chi connectivity index (χ1) is 8.99. The Morgan fingerprint density at radius 3 is 2.45 bits per heavy atom. The summed E-state index contributed by atoms with van der Waals surface area (Å²) in [6, 6.07) is 5.51. The van der Waals surface area contributed by atoms with E-state index in [4.69, 9.17) is 5.73 Å². The molecule has 0 aromatic heterocycles. The molecule has 6 nitrogen and oxygen atoms in total. The molecule has 1 aromatic carbocycles. The lowest BCUT2D eigenvalue weighted by atomic mass is 10.1. The van der Waals surface area contributed by atoms with E-state index in [2.05, 4.69) is 10.0 Å². The van der Waals surface area contributed by atoms with Gasteiger partial charge in [-0.3, -0.25) is 4.79 Å². The summed E-state index contributed by atoms with van der Waals surface area (Å²) < 4.78 is 26.9. The summed E-state index contributed by atoms with van der Waals surface area (Å²) in [6.45, 7) is 1.56. The second kappa shape index (κ2) is 7.03. The summed E-state index contributed by atoms with van der Waals surface area (Å²) in [4.78, 5) is 11.1. The van der Waals surface area contributed by atoms with E-state index < -0.39 is 15.9 Å². The van der Waals surface area contributed by atoms with E-state index in [-0.39, 0.29) is 23.3 Å². The normalized spacial score (nSPS) is 19.1. The van der Waals surface area contributed by atoms with Gasteiger partial charge in [0.15, 0.2) is 0 Å². The Morgan fingerprint density at radius 2 is 1.95 bits per heavy atom. The molecule has 4 N–H and O–H groups in total. The van der Waals surface area contributed by atoms with Gasteiger partial charge in [-0.15, -0.1) is 12.4 Å². The minimum atomic E-state index is -3.54. The van der Waals surface area contributed by atoms with E-state index in [9.17, 15) is 13.2 Å². The lowest BCUT2D eigenvalue weighted by molar-refractivity contribution is 0.1000. The van der Waals surface area contributed by atoms with Crippen molar-refractivity contribution in [3.05, 3.63) is 29.8 Å². The summed E-state index contributed by atoms with van der Waals surface area (Å²) in [5, 5.41) is 3.14. The highest BCUT2D eigenvalue weighted by molar-refractivity contribution is 7.89. The number of piperidine rings is 1. The van der Waals surface area contributed by atoms with Crippen molar-refractivity contribution >= 4 is 28.3 Å². The molecular formula is C12H18ClN3O3S. The van der Waals surface area contributed by atoms with Crippen LogP contribution in [0.5, 0.6) is 0 Å². The smallest absolute Gasteiger partial charge is 0.248 e. The Hall–Kier alpha value is -1.15. The molecule has 1 fully saturated rings. The number of nitrogens with two attached hydrogens (primary N) is 1. The van der Waals surface area contributed by atoms with Crippen molar-refractivity contribution in [2.45, 2.75) is 23.8 Å². The van der Waals surface area contributed by atoms with Crippen LogP contribution in [0.15, 0.2) is 29.2 Å². The lowest BCUT2D eigenvalue weighted by Crippen LogP contribution is -2.45. The fraction of sp³-hybridized carbons (Fsp3) is 0.417. The third kappa shape index (κ3) is 4.17. The zero-order valence-electron chi connectivity index (χ0n) is 10.8. The fourth-order valence-electron chi connectivity index (χ4n) is 2.04. The molecule has 1 amide bonds. The van der Waals surface area contributed by atoms with Gasteiger partial charge in [0.2, 0.25) is 15.9 Å². The number of rotatable bonds is 4. The van der Waals surface area contributed by atoms with Crippen LogP contribution in [0.25, 0.3) is 0 Å². The van der Waals surface area contributed by atoms with Crippen molar-refractivity contribution in [2.24, 2.45) is 5.73 Å². The van der Waals surface area contributed by atoms with Crippen LogP contribution in [0.1, 0.15) is 23.2 Å². The second-order valence-electron chi connectivity index (χ2n) is 4.55. The monoisotopic (exact) mass is 319 g/mol. The highest BCUT2D eigenvalue weighted by atomic mass is 35.5. The number of hydrogen-bond donors (Lipinski definition) is 3. The number of primary amides is 1. The molecular weight excluding hydrogens is 302 g/mol. The molecule has 1 heterocycles. The van der Waals surface area contributed by atoms with E-state index in [0.29, 0.717) is 12.1 Å². The Balaban J connectivity index is 0.00000200. The Bertz CT molecular complexity index is 554. The first kappa shape index (κ1) is 16.9. The van der Waals surface area contributed by atoms with Gasteiger partial charge in [-0.1, -0.05) is 0 Å². The van der Waals surface area contributed by atoms with Crippen LogP contribution < -0.4 is 15.8 Å². The fourth-order valence-corrected chi connectivity index (χ4v) is 3.31. The quantitative estimate of drug-likeness (QED) is 0.739. The van der Waals surface area contributed by atoms with Gasteiger partial charge >= 0.3 is 0 Å². The van der Waals surface area contributed by atoms with Crippen LogP contribution in [-0.4, -0.2) is 33.5 Å². The molecule has 1 atom stereocenters. The molecule has 1 aliphatic heterocycles. The number of hydrogen-bond acceptors (Lipinski definition) is 4. The first-order valence-corrected chi connectivity index (χ1v) is 7.60. The van der Waals surface area contributed by atoms with Gasteiger partial charge in [-0.25, -0.2) is 13.1 Å². The summed E-state index contributed by atoms with van der Waals surface area (Å²) in [5.41, 5.74) is 5.40. The number of halogens is 1. The molecule has 0 spiro atoms. The maximum absolute atomic E-state index is 12.1. The zero-order chi connectivity index (χ0) is 13.9. The van der Waals surface area contributed by atoms with Crippen LogP contribution in [0.3, 0.4) is 0 Å². The van der Waals surface area contributed by atoms with Gasteiger partial charge in [0.1, 0.15) is 0 Å². The molecule has 1 aliphatic rings. The molecule has 1 aromatic rings. The lowest BCUT2D eigenvalue weighted by Gasteiger charge is -2.23. The minimum absolute atomic E-state index is 0. The molecule has 112 valence electrons. The number of amides is 1. The van der Waals surface area contributed by atoms with Crippen LogP contribution in [0.4, 0.5) is 0 Å². The van der Waals surface area contributed by atoms with Crippen molar-refractivity contribution in [2.75, 3.05) is 13.1 Å². The second-order valence-corrected chi connectivity index (χ2v) is 6.27. The Morgan fingerprint density at radius 1 is 1.30 bits per heavy atom. The molecule has 20 heavy (non-hydrogen) atoms. The highest BCUT2D eigenvalue weighted by Gasteiger charge is 2.21. The van der Waals surface area contributed by atoms with E-state index >= 15 is 0 Å². The highest BCUT2D eigenvalue weighted by Crippen LogP contribution is 2.12. The zero-order valence-corrected chi connectivity index (χ0v) is 12.5. The predicted molar refractivity (Wildman–Crippen MR) is 78.4 cm³/mol. The summed E-state index contributed by atoms with van der Waals surface area (Å²) in [5.74, 6) is -0.576. The number of benzene rings is 1. The van der Waals surface area contributed by atoms with Gasteiger partial charge in [-0.05, 0) is 43.7 Å². The predicted octanol–water partition coefficient (Wildman–Crippen LogP) is 0.238. The Labute approximate surface area is 124 Å². The number of nitrogens with one attached hydrogen (secondary N) is 2. The van der Waals surface area contributed by atoms with Gasteiger partial charge in [0.05, 0.1) is 4.90 Å². The molecule has 8 heteroatoms. The first-order valence-electron chi connectivity index (χ1n) is 6.12. The molecule has 0 bridgehead atoms. The van der Waals surface area contributed by atoms with Crippen molar-refractivity contribution in [3.8, 4) is 0 Å². The number of carbonyl (C=O) groups is 1. The van der Waals surface area contributed by atoms with Crippen LogP contribution in [-0.2, 0) is 10.0 Å². The number of carbonyl (C=O) groups excluding carboxylic acids is 1. The van der Waals surface area contributed by atoms with Gasteiger partial charge < -0.3 is 11.1 Å². The maximum atomic E-state index is 12.1. The summed E-state index contributed by atoms with van der Waals surface area (Å²) >= 11 is 0. The largest absolute Gasteiger partial charge is 0.366 e. The topological polar surface area (TPSA) is 101 Å². The molecule has 2 rings (SSSR count). The maximum Gasteiger partial charge on any atom is 0.248 e. The third-order valence-electron chi connectivity index (χ3n) is 3.07. The van der Waals surface area contributed by atoms with Gasteiger partial charge in [0.25, 0.3) is 0 Å². The standard InChI is InChI=1S/C12H17N3O3S.ClH/c13-12(16)9-3-5-11(6-4-9)19(17,18)15-10-2-1-7-14-8-10;/h3-6,10,14-15H,1-2,7-8H2,(H2,13,16);1H/t10-;/m1./s1. The van der Waals surface area contributed by atoms with E-state index in [1.165, 1.54) is 24.3 Å². The molecule has 0 unspecified atom stereocenters. The minimum Gasteiger partial charge on any atom is -0.366 e. The van der Waals surface area contributed by atoms with E-state index in [1.807, 2.05) is 0 Å². The van der Waals surface area contributed by atoms with Crippen molar-refractivity contribution in [1.29, 1.82) is 0 Å². The molecule has 0 aliphatic carbocycles. The average molecular weight is 320 g/mol. The summed E-state index contributed by atoms with van der Waals surface area (Å²) in [6.07, 6.45) is 1.78. The average Bonchev–Trinajstić information content (AvgIpc) is 2.39. The van der Waals surface area contributed by atoms with Crippen molar-refractivity contribution < 1.29 is 13.2 Å². The third-order valence-corrected chi connectivity index (χ3v) is 4.60. The van der Waals surface area contributed by atoms with Crippen molar-refractivity contribution in [3.63, 3.8) is 0 Å². The molecule has 0 saturated carbocycles. The SMILES string of the molecule is Cl.NC(=O)c1ccc(S(=O)(=O)N[C@@H]2CCCNC2)cc1. The van der Waals surface area contributed by atoms with Crippen LogP contribution >= 0.6 is 12.4 Å². The van der Waals surface area contributed by atoms with E-state index in [1.54, 1.807) is 0 Å². The van der Waals surface area contributed by atoms with Crippen LogP contribution in [0.2, 0.25) is 0 Å². The molecule has 1 saturated heterocycles. The molecule has 0 radical (unpaired) electrons. The van der Waals surface area contributed by atoms with E-state index in [0.717, 1.165) is 19.4 Å². The van der Waals surface area contributed by atoms with Gasteiger partial charge in [-0.2, -0.15) is 0 Å². The van der Waals surface area contributed by atoms with Gasteiger partial charge in [0, 0.05) is 18.2 Å². The van der Waals surface area contributed by atoms with Crippen molar-refractivity contribution in [1.82, 2.24) is 10.0 Å². The Kier molecular flexibility index (Phi) is 5.94.